The van der Waals surface area contributed by atoms with Crippen LogP contribution in [0.4, 0.5) is 0 Å². The van der Waals surface area contributed by atoms with Gasteiger partial charge in [0.15, 0.2) is 17.5 Å². The molecule has 13 aromatic rings. The van der Waals surface area contributed by atoms with E-state index < -0.39 is 0 Å². The van der Waals surface area contributed by atoms with E-state index in [1.165, 1.54) is 38.1 Å². The first-order valence-corrected chi connectivity index (χ1v) is 21.2. The number of aromatic nitrogens is 5. The summed E-state index contributed by atoms with van der Waals surface area (Å²) in [6.07, 6.45) is 0. The zero-order valence-corrected chi connectivity index (χ0v) is 33.9. The van der Waals surface area contributed by atoms with Crippen LogP contribution in [0.5, 0.6) is 0 Å². The minimum atomic E-state index is 0.595. The Morgan fingerprint density at radius 2 is 0.746 bits per heavy atom. The van der Waals surface area contributed by atoms with Crippen molar-refractivity contribution in [2.24, 2.45) is 0 Å². The second-order valence-corrected chi connectivity index (χ2v) is 16.0. The first kappa shape index (κ1) is 35.2. The summed E-state index contributed by atoms with van der Waals surface area (Å²) in [4.78, 5) is 14.8. The molecule has 294 valence electrons. The summed E-state index contributed by atoms with van der Waals surface area (Å²) in [6, 6.07) is 74.6. The molecule has 0 atom stereocenters. The first-order valence-electron chi connectivity index (χ1n) is 21.2. The van der Waals surface area contributed by atoms with Gasteiger partial charge in [-0.05, 0) is 90.0 Å². The molecule has 0 aliphatic carbocycles. The highest BCUT2D eigenvalue weighted by Gasteiger charge is 2.19. The van der Waals surface area contributed by atoms with Gasteiger partial charge in [0.2, 0.25) is 0 Å². The van der Waals surface area contributed by atoms with E-state index >= 15 is 0 Å². The molecule has 0 saturated heterocycles. The van der Waals surface area contributed by atoms with Crippen molar-refractivity contribution in [3.63, 3.8) is 0 Å². The Bertz CT molecular complexity index is 3850. The third-order valence-corrected chi connectivity index (χ3v) is 12.4. The van der Waals surface area contributed by atoms with Crippen molar-refractivity contribution in [2.75, 3.05) is 0 Å². The Morgan fingerprint density at radius 1 is 0.270 bits per heavy atom. The van der Waals surface area contributed by atoms with Crippen LogP contribution >= 0.6 is 0 Å². The average molecular weight is 806 g/mol. The number of hydrogen-bond acceptors (Lipinski definition) is 4. The topological polar surface area (TPSA) is 61.7 Å². The van der Waals surface area contributed by atoms with Crippen molar-refractivity contribution in [2.45, 2.75) is 0 Å². The lowest BCUT2D eigenvalue weighted by Crippen LogP contribution is -2.00. The fourth-order valence-corrected chi connectivity index (χ4v) is 9.42. The predicted octanol–water partition coefficient (Wildman–Crippen LogP) is 14.6. The van der Waals surface area contributed by atoms with Gasteiger partial charge in [-0.3, -0.25) is 0 Å². The molecule has 9 aromatic carbocycles. The van der Waals surface area contributed by atoms with Crippen LogP contribution in [0.1, 0.15) is 0 Å². The summed E-state index contributed by atoms with van der Waals surface area (Å²) in [5.41, 5.74) is 13.6. The zero-order chi connectivity index (χ0) is 41.4. The summed E-state index contributed by atoms with van der Waals surface area (Å²) in [5, 5.41) is 6.98. The van der Waals surface area contributed by atoms with Crippen LogP contribution in [0, 0.1) is 0 Å². The van der Waals surface area contributed by atoms with Crippen molar-refractivity contribution in [1.82, 2.24) is 24.1 Å². The molecular weight excluding hydrogens is 771 g/mol. The molecule has 63 heavy (non-hydrogen) atoms. The van der Waals surface area contributed by atoms with Crippen LogP contribution in [0.25, 0.3) is 122 Å². The van der Waals surface area contributed by atoms with Gasteiger partial charge in [-0.25, -0.2) is 15.0 Å². The molecular formula is C57H35N5O. The third kappa shape index (κ3) is 5.69. The molecule has 6 heteroatoms. The monoisotopic (exact) mass is 805 g/mol. The van der Waals surface area contributed by atoms with Crippen LogP contribution in [0.15, 0.2) is 217 Å². The van der Waals surface area contributed by atoms with E-state index in [4.69, 9.17) is 19.4 Å². The lowest BCUT2D eigenvalue weighted by Gasteiger charge is -2.10. The third-order valence-electron chi connectivity index (χ3n) is 12.4. The Kier molecular flexibility index (Phi) is 7.80. The summed E-state index contributed by atoms with van der Waals surface area (Å²) >= 11 is 0. The van der Waals surface area contributed by atoms with E-state index in [1.807, 2.05) is 66.7 Å². The molecule has 0 amide bonds. The quantitative estimate of drug-likeness (QED) is 0.168. The van der Waals surface area contributed by atoms with E-state index in [0.717, 1.165) is 66.6 Å². The highest BCUT2D eigenvalue weighted by atomic mass is 16.3. The molecule has 0 fully saturated rings. The number of rotatable bonds is 6. The lowest BCUT2D eigenvalue weighted by atomic mass is 10.0. The standard InChI is InChI=1S/C57H35N5O/c1-4-14-36(15-5-1)55-58-56(37-16-6-2-7-17-37)60-57(59-55)40-24-28-45-48-33-39(26-31-53(48)63-54(45)34-40)38-25-29-51-46(32-38)43-20-10-13-23-50(43)62(51)42-27-30-52-47(35-42)44-21-11-12-22-49(44)61(52)41-18-8-3-9-19-41/h1-35H. The number of para-hydroxylation sites is 3. The van der Waals surface area contributed by atoms with Gasteiger partial charge in [0.1, 0.15) is 11.2 Å². The van der Waals surface area contributed by atoms with E-state index in [2.05, 4.69) is 155 Å². The van der Waals surface area contributed by atoms with E-state index in [1.54, 1.807) is 0 Å². The molecule has 0 aliphatic rings. The van der Waals surface area contributed by atoms with Gasteiger partial charge in [0, 0.05) is 60.4 Å². The fourth-order valence-electron chi connectivity index (χ4n) is 9.42. The molecule has 0 saturated carbocycles. The van der Waals surface area contributed by atoms with Crippen molar-refractivity contribution in [3.8, 4) is 56.7 Å². The summed E-state index contributed by atoms with van der Waals surface area (Å²) in [6.45, 7) is 0. The Morgan fingerprint density at radius 3 is 1.40 bits per heavy atom. The molecule has 0 radical (unpaired) electrons. The largest absolute Gasteiger partial charge is 0.456 e. The van der Waals surface area contributed by atoms with Gasteiger partial charge >= 0.3 is 0 Å². The van der Waals surface area contributed by atoms with Gasteiger partial charge < -0.3 is 13.6 Å². The van der Waals surface area contributed by atoms with Crippen LogP contribution in [0.3, 0.4) is 0 Å². The molecule has 0 N–H and O–H groups in total. The predicted molar refractivity (Wildman–Crippen MR) is 258 cm³/mol. The first-order chi connectivity index (χ1) is 31.2. The Balaban J connectivity index is 0.906. The number of benzene rings is 9. The van der Waals surface area contributed by atoms with Gasteiger partial charge in [-0.15, -0.1) is 0 Å². The van der Waals surface area contributed by atoms with Crippen molar-refractivity contribution in [1.29, 1.82) is 0 Å². The molecule has 0 bridgehead atoms. The maximum Gasteiger partial charge on any atom is 0.164 e. The molecule has 0 unspecified atom stereocenters. The number of nitrogens with zero attached hydrogens (tertiary/aromatic N) is 5. The SMILES string of the molecule is c1ccc(-c2nc(-c3ccccc3)nc(-c3ccc4c(c3)oc3ccc(-c5ccc6c(c5)c5ccccc5n6-c5ccc6c(c5)c5ccccc5n6-c5ccccc5)cc34)n2)cc1. The van der Waals surface area contributed by atoms with Gasteiger partial charge in [0.25, 0.3) is 0 Å². The Hall–Kier alpha value is -8.61. The summed E-state index contributed by atoms with van der Waals surface area (Å²) < 4.78 is 11.3. The van der Waals surface area contributed by atoms with Crippen molar-refractivity contribution >= 4 is 65.6 Å². The second kappa shape index (κ2) is 14.0. The smallest absolute Gasteiger partial charge is 0.164 e. The van der Waals surface area contributed by atoms with Gasteiger partial charge in [-0.2, -0.15) is 0 Å². The maximum absolute atomic E-state index is 6.52. The molecule has 0 aliphatic heterocycles. The maximum atomic E-state index is 6.52. The van der Waals surface area contributed by atoms with Crippen molar-refractivity contribution in [3.05, 3.63) is 212 Å². The number of fused-ring (bicyclic) bond motifs is 9. The van der Waals surface area contributed by atoms with Gasteiger partial charge in [-0.1, -0.05) is 133 Å². The molecule has 6 nitrogen and oxygen atoms in total. The average Bonchev–Trinajstić information content (AvgIpc) is 4.01. The Labute approximate surface area is 361 Å². The highest BCUT2D eigenvalue weighted by molar-refractivity contribution is 6.13. The van der Waals surface area contributed by atoms with Gasteiger partial charge in [0.05, 0.1) is 22.1 Å². The molecule has 13 rings (SSSR count). The molecule has 4 aromatic heterocycles. The normalized spacial score (nSPS) is 11.8. The van der Waals surface area contributed by atoms with Crippen LogP contribution in [-0.2, 0) is 0 Å². The van der Waals surface area contributed by atoms with E-state index in [0.29, 0.717) is 17.5 Å². The molecule has 4 heterocycles. The highest BCUT2D eigenvalue weighted by Crippen LogP contribution is 2.40. The lowest BCUT2D eigenvalue weighted by molar-refractivity contribution is 0.669. The van der Waals surface area contributed by atoms with Crippen LogP contribution in [0.2, 0.25) is 0 Å². The summed E-state index contributed by atoms with van der Waals surface area (Å²) in [5.74, 6) is 1.85. The van der Waals surface area contributed by atoms with E-state index in [-0.39, 0.29) is 0 Å². The van der Waals surface area contributed by atoms with E-state index in [9.17, 15) is 0 Å². The van der Waals surface area contributed by atoms with Crippen LogP contribution < -0.4 is 0 Å². The van der Waals surface area contributed by atoms with Crippen molar-refractivity contribution < 1.29 is 4.42 Å². The zero-order valence-electron chi connectivity index (χ0n) is 33.9. The second-order valence-electron chi connectivity index (χ2n) is 16.0. The minimum absolute atomic E-state index is 0.595. The minimum Gasteiger partial charge on any atom is -0.456 e. The van der Waals surface area contributed by atoms with Crippen LogP contribution in [-0.4, -0.2) is 24.1 Å². The summed E-state index contributed by atoms with van der Waals surface area (Å²) in [7, 11) is 0. The number of hydrogen-bond donors (Lipinski definition) is 0. The molecule has 0 spiro atoms. The fraction of sp³-hybridized carbons (Fsp3) is 0. The number of furan rings is 1.